The topological polar surface area (TPSA) is 91.8 Å². The van der Waals surface area contributed by atoms with E-state index in [1.165, 1.54) is 16.4 Å². The van der Waals surface area contributed by atoms with Gasteiger partial charge in [0, 0.05) is 25.1 Å². The SMILES string of the molecule is CC1(C(=O)O)CCN(S(=O)(=O)c2ccc3c(c2)C(=O)CCC3)C1. The third kappa shape index (κ3) is 2.68. The molecule has 1 saturated heterocycles. The summed E-state index contributed by atoms with van der Waals surface area (Å²) < 4.78 is 26.7. The molecule has 0 bridgehead atoms. The van der Waals surface area contributed by atoms with Crippen LogP contribution in [0.2, 0.25) is 0 Å². The largest absolute Gasteiger partial charge is 0.481 e. The van der Waals surface area contributed by atoms with Crippen LogP contribution in [0.1, 0.15) is 42.1 Å². The van der Waals surface area contributed by atoms with Crippen LogP contribution >= 0.6 is 0 Å². The molecule has 0 aromatic heterocycles. The molecule has 1 aromatic carbocycles. The first kappa shape index (κ1) is 16.1. The van der Waals surface area contributed by atoms with Crippen LogP contribution in [0.15, 0.2) is 23.1 Å². The Balaban J connectivity index is 1.94. The summed E-state index contributed by atoms with van der Waals surface area (Å²) in [5.41, 5.74) is 0.311. The van der Waals surface area contributed by atoms with Crippen LogP contribution in [0.3, 0.4) is 0 Å². The number of aryl methyl sites for hydroxylation is 1. The van der Waals surface area contributed by atoms with Crippen molar-refractivity contribution < 1.29 is 23.1 Å². The molecule has 2 aliphatic rings. The molecule has 1 N–H and O–H groups in total. The average Bonchev–Trinajstić information content (AvgIpc) is 2.92. The molecule has 7 heteroatoms. The molecule has 0 radical (unpaired) electrons. The summed E-state index contributed by atoms with van der Waals surface area (Å²) >= 11 is 0. The highest BCUT2D eigenvalue weighted by Crippen LogP contribution is 2.34. The summed E-state index contributed by atoms with van der Waals surface area (Å²) in [7, 11) is -3.78. The number of carboxylic acids is 1. The predicted molar refractivity (Wildman–Crippen MR) is 82.8 cm³/mol. The number of carbonyl (C=O) groups is 2. The molecule has 23 heavy (non-hydrogen) atoms. The molecular formula is C16H19NO5S. The normalized spacial score (nSPS) is 25.3. The van der Waals surface area contributed by atoms with E-state index in [9.17, 15) is 23.1 Å². The van der Waals surface area contributed by atoms with E-state index >= 15 is 0 Å². The van der Waals surface area contributed by atoms with Gasteiger partial charge >= 0.3 is 5.97 Å². The minimum Gasteiger partial charge on any atom is -0.481 e. The number of nitrogens with zero attached hydrogens (tertiary/aromatic N) is 1. The Morgan fingerprint density at radius 2 is 2.04 bits per heavy atom. The smallest absolute Gasteiger partial charge is 0.310 e. The van der Waals surface area contributed by atoms with E-state index in [4.69, 9.17) is 0 Å². The number of sulfonamides is 1. The Labute approximate surface area is 135 Å². The third-order valence-electron chi connectivity index (χ3n) is 4.82. The fraction of sp³-hybridized carbons (Fsp3) is 0.500. The number of aliphatic carboxylic acids is 1. The van der Waals surface area contributed by atoms with Crippen LogP contribution in [0, 0.1) is 5.41 Å². The molecule has 0 saturated carbocycles. The molecule has 0 amide bonds. The Kier molecular flexibility index (Phi) is 3.80. The van der Waals surface area contributed by atoms with E-state index in [0.29, 0.717) is 12.0 Å². The Morgan fingerprint density at radius 3 is 2.70 bits per heavy atom. The molecule has 6 nitrogen and oxygen atoms in total. The van der Waals surface area contributed by atoms with Crippen LogP contribution in [-0.4, -0.2) is 42.7 Å². The van der Waals surface area contributed by atoms with Gasteiger partial charge in [-0.3, -0.25) is 9.59 Å². The maximum Gasteiger partial charge on any atom is 0.310 e. The molecule has 124 valence electrons. The zero-order valence-corrected chi connectivity index (χ0v) is 13.7. The number of fused-ring (bicyclic) bond motifs is 1. The lowest BCUT2D eigenvalue weighted by Gasteiger charge is -2.21. The van der Waals surface area contributed by atoms with Crippen molar-refractivity contribution in [1.82, 2.24) is 4.31 Å². The zero-order chi connectivity index (χ0) is 16.8. The highest BCUT2D eigenvalue weighted by molar-refractivity contribution is 7.89. The van der Waals surface area contributed by atoms with Crippen molar-refractivity contribution >= 4 is 21.8 Å². The van der Waals surface area contributed by atoms with Crippen molar-refractivity contribution in [1.29, 1.82) is 0 Å². The minimum atomic E-state index is -3.78. The molecule has 3 rings (SSSR count). The standard InChI is InChI=1S/C16H19NO5S/c1-16(15(19)20)7-8-17(10-16)23(21,22)12-6-5-11-3-2-4-14(18)13(11)9-12/h5-6,9H,2-4,7-8,10H2,1H3,(H,19,20). The van der Waals surface area contributed by atoms with Crippen LogP contribution in [0.4, 0.5) is 0 Å². The first-order valence-electron chi connectivity index (χ1n) is 7.64. The Morgan fingerprint density at radius 1 is 1.30 bits per heavy atom. The summed E-state index contributed by atoms with van der Waals surface area (Å²) in [5.74, 6) is -1.02. The summed E-state index contributed by atoms with van der Waals surface area (Å²) in [6.07, 6.45) is 2.30. The lowest BCUT2D eigenvalue weighted by molar-refractivity contribution is -0.146. The van der Waals surface area contributed by atoms with Crippen molar-refractivity contribution in [3.63, 3.8) is 0 Å². The summed E-state index contributed by atoms with van der Waals surface area (Å²) in [6.45, 7) is 1.69. The van der Waals surface area contributed by atoms with Crippen LogP contribution in [0.5, 0.6) is 0 Å². The number of rotatable bonds is 3. The van der Waals surface area contributed by atoms with Gasteiger partial charge < -0.3 is 5.11 Å². The van der Waals surface area contributed by atoms with E-state index in [2.05, 4.69) is 0 Å². The Hall–Kier alpha value is -1.73. The quantitative estimate of drug-likeness (QED) is 0.906. The second-order valence-corrected chi connectivity index (χ2v) is 8.49. The van der Waals surface area contributed by atoms with Crippen molar-refractivity contribution in [2.45, 2.75) is 37.5 Å². The van der Waals surface area contributed by atoms with Crippen LogP contribution < -0.4 is 0 Å². The van der Waals surface area contributed by atoms with Gasteiger partial charge in [-0.1, -0.05) is 6.07 Å². The van der Waals surface area contributed by atoms with Crippen molar-refractivity contribution in [2.24, 2.45) is 5.41 Å². The molecule has 1 atom stereocenters. The molecule has 1 aliphatic heterocycles. The van der Waals surface area contributed by atoms with E-state index in [1.54, 1.807) is 13.0 Å². The zero-order valence-electron chi connectivity index (χ0n) is 12.9. The van der Waals surface area contributed by atoms with Gasteiger partial charge in [0.1, 0.15) is 0 Å². The van der Waals surface area contributed by atoms with Gasteiger partial charge in [-0.05, 0) is 43.9 Å². The number of carbonyl (C=O) groups excluding carboxylic acids is 1. The van der Waals surface area contributed by atoms with Gasteiger partial charge in [0.25, 0.3) is 0 Å². The van der Waals surface area contributed by atoms with Gasteiger partial charge in [-0.25, -0.2) is 8.42 Å². The molecule has 1 fully saturated rings. The van der Waals surface area contributed by atoms with Crippen LogP contribution in [0.25, 0.3) is 0 Å². The number of hydrogen-bond acceptors (Lipinski definition) is 4. The fourth-order valence-corrected chi connectivity index (χ4v) is 4.81. The van der Waals surface area contributed by atoms with E-state index in [0.717, 1.165) is 18.4 Å². The first-order valence-corrected chi connectivity index (χ1v) is 9.08. The number of Topliss-reactive ketones (excluding diaryl/α,β-unsaturated/α-hetero) is 1. The molecule has 1 unspecified atom stereocenters. The first-order chi connectivity index (χ1) is 10.7. The predicted octanol–water partition coefficient (Wildman–Crippen LogP) is 1.69. The summed E-state index contributed by atoms with van der Waals surface area (Å²) in [6, 6.07) is 4.66. The molecule has 1 aromatic rings. The maximum absolute atomic E-state index is 12.8. The van der Waals surface area contributed by atoms with Gasteiger partial charge in [0.2, 0.25) is 10.0 Å². The van der Waals surface area contributed by atoms with Gasteiger partial charge in [-0.15, -0.1) is 0 Å². The van der Waals surface area contributed by atoms with Gasteiger partial charge in [-0.2, -0.15) is 4.31 Å². The lowest BCUT2D eigenvalue weighted by atomic mass is 9.90. The highest BCUT2D eigenvalue weighted by atomic mass is 32.2. The number of benzene rings is 1. The maximum atomic E-state index is 12.8. The van der Waals surface area contributed by atoms with Gasteiger partial charge in [0.05, 0.1) is 10.3 Å². The van der Waals surface area contributed by atoms with E-state index in [1.807, 2.05) is 0 Å². The number of carboxylic acid groups (broad SMARTS) is 1. The summed E-state index contributed by atoms with van der Waals surface area (Å²) in [5, 5.41) is 9.25. The monoisotopic (exact) mass is 337 g/mol. The minimum absolute atomic E-state index is 0.0277. The number of ketones is 1. The fourth-order valence-electron chi connectivity index (χ4n) is 3.22. The van der Waals surface area contributed by atoms with E-state index in [-0.39, 0.29) is 30.2 Å². The lowest BCUT2D eigenvalue weighted by Crippen LogP contribution is -2.35. The third-order valence-corrected chi connectivity index (χ3v) is 6.67. The summed E-state index contributed by atoms with van der Waals surface area (Å²) in [4.78, 5) is 23.4. The van der Waals surface area contributed by atoms with Crippen molar-refractivity contribution in [3.05, 3.63) is 29.3 Å². The van der Waals surface area contributed by atoms with Crippen LogP contribution in [-0.2, 0) is 21.2 Å². The highest BCUT2D eigenvalue weighted by Gasteiger charge is 2.45. The average molecular weight is 337 g/mol. The molecule has 1 heterocycles. The second kappa shape index (κ2) is 5.42. The molecule has 0 spiro atoms. The molecular weight excluding hydrogens is 318 g/mol. The molecule has 1 aliphatic carbocycles. The van der Waals surface area contributed by atoms with Gasteiger partial charge in [0.15, 0.2) is 5.78 Å². The van der Waals surface area contributed by atoms with Crippen molar-refractivity contribution in [3.8, 4) is 0 Å². The van der Waals surface area contributed by atoms with Crippen molar-refractivity contribution in [2.75, 3.05) is 13.1 Å². The number of hydrogen-bond donors (Lipinski definition) is 1. The Bertz CT molecular complexity index is 786. The van der Waals surface area contributed by atoms with E-state index < -0.39 is 21.4 Å². The second-order valence-electron chi connectivity index (χ2n) is 6.55.